The van der Waals surface area contributed by atoms with E-state index >= 15 is 8.78 Å². The molecule has 2 aliphatic carbocycles. The highest BCUT2D eigenvalue weighted by Crippen LogP contribution is 2.41. The highest BCUT2D eigenvalue weighted by Gasteiger charge is 2.30. The van der Waals surface area contributed by atoms with Gasteiger partial charge in [0.05, 0.1) is 19.3 Å². The van der Waals surface area contributed by atoms with Gasteiger partial charge < -0.3 is 9.47 Å². The fourth-order valence-electron chi connectivity index (χ4n) is 5.96. The lowest BCUT2D eigenvalue weighted by Gasteiger charge is -2.31. The minimum absolute atomic E-state index is 0.00814. The van der Waals surface area contributed by atoms with Crippen molar-refractivity contribution in [1.82, 2.24) is 0 Å². The van der Waals surface area contributed by atoms with E-state index in [2.05, 4.69) is 6.92 Å². The van der Waals surface area contributed by atoms with Crippen molar-refractivity contribution in [2.24, 2.45) is 5.92 Å². The second-order valence-corrected chi connectivity index (χ2v) is 10.5. The summed E-state index contributed by atoms with van der Waals surface area (Å²) in [7, 11) is 0. The van der Waals surface area contributed by atoms with E-state index in [0.29, 0.717) is 23.3 Å². The van der Waals surface area contributed by atoms with Gasteiger partial charge in [-0.3, -0.25) is 0 Å². The van der Waals surface area contributed by atoms with Crippen molar-refractivity contribution in [1.29, 1.82) is 0 Å². The van der Waals surface area contributed by atoms with Crippen molar-refractivity contribution in [3.63, 3.8) is 0 Å². The van der Waals surface area contributed by atoms with Gasteiger partial charge in [0.15, 0.2) is 11.6 Å². The Morgan fingerprint density at radius 2 is 1.41 bits per heavy atom. The van der Waals surface area contributed by atoms with Crippen LogP contribution in [0.25, 0.3) is 0 Å². The van der Waals surface area contributed by atoms with Crippen molar-refractivity contribution in [2.45, 2.75) is 95.4 Å². The number of rotatable bonds is 7. The van der Waals surface area contributed by atoms with Crippen LogP contribution in [-0.2, 0) is 16.1 Å². The number of ether oxygens (including phenoxy) is 2. The minimum atomic E-state index is -0.652. The molecule has 1 heterocycles. The van der Waals surface area contributed by atoms with Crippen LogP contribution >= 0.6 is 0 Å². The summed E-state index contributed by atoms with van der Waals surface area (Å²) in [5.41, 5.74) is 2.49. The predicted molar refractivity (Wildman–Crippen MR) is 126 cm³/mol. The van der Waals surface area contributed by atoms with E-state index in [9.17, 15) is 4.39 Å². The molecule has 0 bridgehead atoms. The monoisotopic (exact) mass is 472 g/mol. The van der Waals surface area contributed by atoms with Gasteiger partial charge in [-0.15, -0.1) is 0 Å². The standard InChI is InChI=1S/C29H35F3O2/c1-2-18-3-5-19(6-4-18)24-13-14-25(29(32)28(24)31)20-9-11-23(12-10-20)33-16-22-8-7-21(15-26(22)30)27-17-34-27/h7-8,13-15,18-20,23,27H,2-6,9-12,16-17H2,1H3. The van der Waals surface area contributed by atoms with Crippen molar-refractivity contribution >= 4 is 0 Å². The molecule has 2 saturated carbocycles. The lowest BCUT2D eigenvalue weighted by molar-refractivity contribution is 0.0118. The normalized spacial score (nSPS) is 29.2. The van der Waals surface area contributed by atoms with Crippen molar-refractivity contribution in [3.05, 3.63) is 70.0 Å². The van der Waals surface area contributed by atoms with E-state index < -0.39 is 11.6 Å². The zero-order valence-electron chi connectivity index (χ0n) is 20.0. The summed E-state index contributed by atoms with van der Waals surface area (Å²) < 4.78 is 55.7. The Hall–Kier alpha value is -1.85. The average Bonchev–Trinajstić information content (AvgIpc) is 3.71. The first kappa shape index (κ1) is 23.9. The van der Waals surface area contributed by atoms with Crippen LogP contribution in [0.2, 0.25) is 0 Å². The third kappa shape index (κ3) is 5.21. The first-order valence-electron chi connectivity index (χ1n) is 13.0. The molecule has 1 aliphatic heterocycles. The van der Waals surface area contributed by atoms with E-state index in [1.54, 1.807) is 6.07 Å². The SMILES string of the molecule is CCC1CCC(c2ccc(C3CCC(OCc4ccc(C5CO5)cc4F)CC3)c(F)c2F)CC1. The van der Waals surface area contributed by atoms with Gasteiger partial charge in [0.1, 0.15) is 11.9 Å². The zero-order chi connectivity index (χ0) is 23.7. The molecule has 1 atom stereocenters. The number of epoxide rings is 1. The van der Waals surface area contributed by atoms with Crippen LogP contribution in [-0.4, -0.2) is 12.7 Å². The van der Waals surface area contributed by atoms with Gasteiger partial charge in [-0.05, 0) is 91.9 Å². The third-order valence-corrected chi connectivity index (χ3v) is 8.38. The van der Waals surface area contributed by atoms with Crippen LogP contribution in [0.5, 0.6) is 0 Å². The topological polar surface area (TPSA) is 21.8 Å². The van der Waals surface area contributed by atoms with Gasteiger partial charge in [0, 0.05) is 5.56 Å². The Labute approximate surface area is 200 Å². The lowest BCUT2D eigenvalue weighted by Crippen LogP contribution is -2.22. The maximum absolute atomic E-state index is 15.1. The van der Waals surface area contributed by atoms with Gasteiger partial charge in [-0.1, -0.05) is 37.6 Å². The first-order valence-corrected chi connectivity index (χ1v) is 13.0. The van der Waals surface area contributed by atoms with Gasteiger partial charge in [-0.2, -0.15) is 0 Å². The second kappa shape index (κ2) is 10.4. The summed E-state index contributed by atoms with van der Waals surface area (Å²) in [5.74, 6) is -0.667. The second-order valence-electron chi connectivity index (χ2n) is 10.5. The molecule has 5 heteroatoms. The maximum Gasteiger partial charge on any atom is 0.162 e. The first-order chi connectivity index (χ1) is 16.5. The zero-order valence-corrected chi connectivity index (χ0v) is 20.0. The van der Waals surface area contributed by atoms with Crippen LogP contribution in [0.1, 0.15) is 105 Å². The highest BCUT2D eigenvalue weighted by atomic mass is 19.2. The molecule has 0 amide bonds. The molecule has 2 nitrogen and oxygen atoms in total. The summed E-state index contributed by atoms with van der Waals surface area (Å²) in [6.45, 7) is 3.09. The highest BCUT2D eigenvalue weighted by molar-refractivity contribution is 5.32. The predicted octanol–water partition coefficient (Wildman–Crippen LogP) is 8.10. The molecule has 2 aromatic carbocycles. The van der Waals surface area contributed by atoms with Gasteiger partial charge in [0.2, 0.25) is 0 Å². The van der Waals surface area contributed by atoms with Crippen LogP contribution < -0.4 is 0 Å². The van der Waals surface area contributed by atoms with Crippen molar-refractivity contribution in [2.75, 3.05) is 6.61 Å². The lowest BCUT2D eigenvalue weighted by atomic mass is 9.76. The summed E-state index contributed by atoms with van der Waals surface area (Å²) in [6.07, 6.45) is 8.39. The van der Waals surface area contributed by atoms with E-state index in [1.165, 1.54) is 12.5 Å². The number of hydrogen-bond acceptors (Lipinski definition) is 2. The van der Waals surface area contributed by atoms with Gasteiger partial charge >= 0.3 is 0 Å². The molecule has 0 aromatic heterocycles. The Kier molecular flexibility index (Phi) is 7.31. The third-order valence-electron chi connectivity index (χ3n) is 8.38. The Morgan fingerprint density at radius 1 is 0.824 bits per heavy atom. The number of benzene rings is 2. The Morgan fingerprint density at radius 3 is 1.94 bits per heavy atom. The summed E-state index contributed by atoms with van der Waals surface area (Å²) in [6, 6.07) is 8.86. The molecule has 5 rings (SSSR count). The van der Waals surface area contributed by atoms with E-state index in [1.807, 2.05) is 18.2 Å². The number of hydrogen-bond donors (Lipinski definition) is 0. The van der Waals surface area contributed by atoms with Crippen LogP contribution in [0.4, 0.5) is 13.2 Å². The molecule has 1 saturated heterocycles. The molecular formula is C29H35F3O2. The molecule has 3 fully saturated rings. The summed E-state index contributed by atoms with van der Waals surface area (Å²) in [5, 5.41) is 0. The van der Waals surface area contributed by atoms with Gasteiger partial charge in [0.25, 0.3) is 0 Å². The van der Waals surface area contributed by atoms with Crippen LogP contribution in [0.15, 0.2) is 30.3 Å². The van der Waals surface area contributed by atoms with Crippen LogP contribution in [0, 0.1) is 23.4 Å². The van der Waals surface area contributed by atoms with E-state index in [-0.39, 0.29) is 36.5 Å². The number of halogens is 3. The van der Waals surface area contributed by atoms with Crippen molar-refractivity contribution < 1.29 is 22.6 Å². The molecule has 1 unspecified atom stereocenters. The molecular weight excluding hydrogens is 437 g/mol. The fraction of sp³-hybridized carbons (Fsp3) is 0.586. The maximum atomic E-state index is 15.1. The molecule has 184 valence electrons. The molecule has 3 aliphatic rings. The Balaban J connectivity index is 1.15. The fourth-order valence-corrected chi connectivity index (χ4v) is 5.96. The van der Waals surface area contributed by atoms with Crippen LogP contribution in [0.3, 0.4) is 0 Å². The largest absolute Gasteiger partial charge is 0.373 e. The summed E-state index contributed by atoms with van der Waals surface area (Å²) >= 11 is 0. The van der Waals surface area contributed by atoms with Gasteiger partial charge in [-0.25, -0.2) is 13.2 Å². The molecule has 0 spiro atoms. The van der Waals surface area contributed by atoms with E-state index in [0.717, 1.165) is 62.8 Å². The average molecular weight is 473 g/mol. The quantitative estimate of drug-likeness (QED) is 0.380. The molecule has 34 heavy (non-hydrogen) atoms. The minimum Gasteiger partial charge on any atom is -0.373 e. The summed E-state index contributed by atoms with van der Waals surface area (Å²) in [4.78, 5) is 0. The smallest absolute Gasteiger partial charge is 0.162 e. The van der Waals surface area contributed by atoms with Crippen molar-refractivity contribution in [3.8, 4) is 0 Å². The molecule has 0 N–H and O–H groups in total. The molecule has 0 radical (unpaired) electrons. The van der Waals surface area contributed by atoms with E-state index in [4.69, 9.17) is 9.47 Å². The Bertz CT molecular complexity index is 987. The molecule has 2 aromatic rings.